The van der Waals surface area contributed by atoms with Crippen molar-refractivity contribution in [1.29, 1.82) is 0 Å². The number of rotatable bonds is 3. The van der Waals surface area contributed by atoms with E-state index in [1.807, 2.05) is 0 Å². The molecule has 0 spiro atoms. The van der Waals surface area contributed by atoms with Crippen molar-refractivity contribution in [2.24, 2.45) is 0 Å². The van der Waals surface area contributed by atoms with Gasteiger partial charge in [0.2, 0.25) is 0 Å². The SMILES string of the molecule is O=C(OCC(=O)N1CCCC1)c1ccc[nH]c1=O. The first-order valence-electron chi connectivity index (χ1n) is 5.81. The lowest BCUT2D eigenvalue weighted by Crippen LogP contribution is -2.32. The van der Waals surface area contributed by atoms with Gasteiger partial charge in [0.25, 0.3) is 11.5 Å². The standard InChI is InChI=1S/C12H14N2O4/c15-10(14-6-1-2-7-14)8-18-12(17)9-4-3-5-13-11(9)16/h3-5H,1-2,6-8H2,(H,13,16). The van der Waals surface area contributed by atoms with Crippen LogP contribution in [0.25, 0.3) is 0 Å². The van der Waals surface area contributed by atoms with Gasteiger partial charge in [0, 0.05) is 19.3 Å². The third-order valence-electron chi connectivity index (χ3n) is 2.82. The fraction of sp³-hybridized carbons (Fsp3) is 0.417. The van der Waals surface area contributed by atoms with Crippen LogP contribution in [0.2, 0.25) is 0 Å². The highest BCUT2D eigenvalue weighted by Crippen LogP contribution is 2.07. The van der Waals surface area contributed by atoms with Crippen molar-refractivity contribution in [3.63, 3.8) is 0 Å². The second-order valence-corrected chi connectivity index (χ2v) is 4.08. The van der Waals surface area contributed by atoms with Gasteiger partial charge >= 0.3 is 5.97 Å². The predicted octanol–water partition coefficient (Wildman–Crippen LogP) is 0.154. The molecule has 1 N–H and O–H groups in total. The van der Waals surface area contributed by atoms with E-state index in [1.165, 1.54) is 18.3 Å². The Labute approximate surface area is 104 Å². The Morgan fingerprint density at radius 2 is 2.06 bits per heavy atom. The Balaban J connectivity index is 1.90. The van der Waals surface area contributed by atoms with E-state index in [2.05, 4.69) is 4.98 Å². The van der Waals surface area contributed by atoms with Crippen molar-refractivity contribution in [3.8, 4) is 0 Å². The molecule has 6 nitrogen and oxygen atoms in total. The van der Waals surface area contributed by atoms with Crippen LogP contribution >= 0.6 is 0 Å². The van der Waals surface area contributed by atoms with E-state index >= 15 is 0 Å². The minimum atomic E-state index is -0.774. The molecule has 1 aromatic rings. The zero-order valence-electron chi connectivity index (χ0n) is 9.85. The number of aromatic nitrogens is 1. The van der Waals surface area contributed by atoms with E-state index in [4.69, 9.17) is 4.74 Å². The number of amides is 1. The van der Waals surface area contributed by atoms with Crippen LogP contribution in [-0.4, -0.2) is 41.5 Å². The number of esters is 1. The average molecular weight is 250 g/mol. The third kappa shape index (κ3) is 2.77. The normalized spacial score (nSPS) is 14.6. The van der Waals surface area contributed by atoms with E-state index in [-0.39, 0.29) is 18.1 Å². The monoisotopic (exact) mass is 250 g/mol. The van der Waals surface area contributed by atoms with Crippen molar-refractivity contribution in [2.75, 3.05) is 19.7 Å². The summed E-state index contributed by atoms with van der Waals surface area (Å²) < 4.78 is 4.83. The van der Waals surface area contributed by atoms with E-state index in [9.17, 15) is 14.4 Å². The largest absolute Gasteiger partial charge is 0.452 e. The fourth-order valence-corrected chi connectivity index (χ4v) is 1.85. The number of aromatic amines is 1. The van der Waals surface area contributed by atoms with Crippen LogP contribution in [0, 0.1) is 0 Å². The molecule has 0 unspecified atom stereocenters. The summed E-state index contributed by atoms with van der Waals surface area (Å²) in [7, 11) is 0. The highest BCUT2D eigenvalue weighted by molar-refractivity contribution is 5.90. The number of ether oxygens (including phenoxy) is 1. The van der Waals surface area contributed by atoms with Crippen LogP contribution in [-0.2, 0) is 9.53 Å². The highest BCUT2D eigenvalue weighted by atomic mass is 16.5. The molecule has 0 bridgehead atoms. The number of pyridine rings is 1. The highest BCUT2D eigenvalue weighted by Gasteiger charge is 2.20. The van der Waals surface area contributed by atoms with Gasteiger partial charge in [0.15, 0.2) is 6.61 Å². The summed E-state index contributed by atoms with van der Waals surface area (Å²) in [4.78, 5) is 38.5. The number of nitrogens with zero attached hydrogens (tertiary/aromatic N) is 1. The van der Waals surface area contributed by atoms with E-state index in [0.717, 1.165) is 12.8 Å². The van der Waals surface area contributed by atoms with Gasteiger partial charge in [-0.3, -0.25) is 9.59 Å². The molecule has 18 heavy (non-hydrogen) atoms. The maximum atomic E-state index is 11.6. The average Bonchev–Trinajstić information content (AvgIpc) is 2.90. The molecule has 6 heteroatoms. The first-order valence-corrected chi connectivity index (χ1v) is 5.81. The zero-order valence-corrected chi connectivity index (χ0v) is 9.85. The number of H-pyrrole nitrogens is 1. The molecule has 0 radical (unpaired) electrons. The summed E-state index contributed by atoms with van der Waals surface area (Å²) in [6.45, 7) is 1.11. The minimum Gasteiger partial charge on any atom is -0.452 e. The molecule has 1 aliphatic rings. The molecule has 0 atom stereocenters. The Kier molecular flexibility index (Phi) is 3.76. The zero-order chi connectivity index (χ0) is 13.0. The number of hydrogen-bond acceptors (Lipinski definition) is 4. The number of carbonyl (C=O) groups is 2. The lowest BCUT2D eigenvalue weighted by atomic mass is 10.3. The summed E-state index contributed by atoms with van der Waals surface area (Å²) in [6, 6.07) is 2.89. The van der Waals surface area contributed by atoms with Gasteiger partial charge in [-0.05, 0) is 25.0 Å². The molecule has 1 aliphatic heterocycles. The molecule has 1 aromatic heterocycles. The fourth-order valence-electron chi connectivity index (χ4n) is 1.85. The van der Waals surface area contributed by atoms with Gasteiger partial charge in [0.05, 0.1) is 0 Å². The van der Waals surface area contributed by atoms with Crippen LogP contribution in [0.4, 0.5) is 0 Å². The summed E-state index contributed by atoms with van der Waals surface area (Å²) >= 11 is 0. The van der Waals surface area contributed by atoms with Crippen molar-refractivity contribution >= 4 is 11.9 Å². The van der Waals surface area contributed by atoms with Crippen LogP contribution in [0.15, 0.2) is 23.1 Å². The second-order valence-electron chi connectivity index (χ2n) is 4.08. The first-order chi connectivity index (χ1) is 8.68. The van der Waals surface area contributed by atoms with Crippen LogP contribution in [0.5, 0.6) is 0 Å². The Morgan fingerprint density at radius 1 is 1.33 bits per heavy atom. The molecule has 0 saturated carbocycles. The number of likely N-dealkylation sites (tertiary alicyclic amines) is 1. The van der Waals surface area contributed by atoms with E-state index in [1.54, 1.807) is 4.90 Å². The number of carbonyl (C=O) groups excluding carboxylic acids is 2. The van der Waals surface area contributed by atoms with Gasteiger partial charge < -0.3 is 14.6 Å². The van der Waals surface area contributed by atoms with Gasteiger partial charge in [-0.1, -0.05) is 0 Å². The summed E-state index contributed by atoms with van der Waals surface area (Å²) in [6.07, 6.45) is 3.39. The van der Waals surface area contributed by atoms with Crippen molar-refractivity contribution in [1.82, 2.24) is 9.88 Å². The minimum absolute atomic E-state index is 0.0910. The number of hydrogen-bond donors (Lipinski definition) is 1. The molecule has 1 fully saturated rings. The quantitative estimate of drug-likeness (QED) is 0.775. The summed E-state index contributed by atoms with van der Waals surface area (Å²) in [5.74, 6) is -0.988. The van der Waals surface area contributed by atoms with Crippen LogP contribution in [0.1, 0.15) is 23.2 Å². The predicted molar refractivity (Wildman–Crippen MR) is 63.2 cm³/mol. The molecule has 1 amide bonds. The van der Waals surface area contributed by atoms with E-state index in [0.29, 0.717) is 13.1 Å². The maximum absolute atomic E-state index is 11.6. The molecule has 0 aliphatic carbocycles. The van der Waals surface area contributed by atoms with Crippen molar-refractivity contribution in [3.05, 3.63) is 34.2 Å². The molecular formula is C12H14N2O4. The summed E-state index contributed by atoms with van der Waals surface area (Å²) in [5, 5.41) is 0. The maximum Gasteiger partial charge on any atom is 0.344 e. The lowest BCUT2D eigenvalue weighted by Gasteiger charge is -2.14. The van der Waals surface area contributed by atoms with Crippen LogP contribution < -0.4 is 5.56 Å². The third-order valence-corrected chi connectivity index (χ3v) is 2.82. The molecular weight excluding hydrogens is 236 g/mol. The topological polar surface area (TPSA) is 79.5 Å². The van der Waals surface area contributed by atoms with Gasteiger partial charge in [-0.15, -0.1) is 0 Å². The molecule has 1 saturated heterocycles. The Hall–Kier alpha value is -2.11. The van der Waals surface area contributed by atoms with E-state index < -0.39 is 11.5 Å². The molecule has 2 rings (SSSR count). The first kappa shape index (κ1) is 12.3. The van der Waals surface area contributed by atoms with Crippen molar-refractivity contribution in [2.45, 2.75) is 12.8 Å². The molecule has 0 aromatic carbocycles. The Bertz CT molecular complexity index is 503. The Morgan fingerprint density at radius 3 is 2.72 bits per heavy atom. The molecule has 96 valence electrons. The van der Waals surface area contributed by atoms with Gasteiger partial charge in [-0.25, -0.2) is 4.79 Å². The second kappa shape index (κ2) is 5.48. The molecule has 2 heterocycles. The van der Waals surface area contributed by atoms with Crippen molar-refractivity contribution < 1.29 is 14.3 Å². The van der Waals surface area contributed by atoms with Crippen LogP contribution in [0.3, 0.4) is 0 Å². The number of nitrogens with one attached hydrogen (secondary N) is 1. The smallest absolute Gasteiger partial charge is 0.344 e. The summed E-state index contributed by atoms with van der Waals surface area (Å²) in [5.41, 5.74) is -0.608. The van der Waals surface area contributed by atoms with Gasteiger partial charge in [-0.2, -0.15) is 0 Å². The van der Waals surface area contributed by atoms with Gasteiger partial charge in [0.1, 0.15) is 5.56 Å². The lowest BCUT2D eigenvalue weighted by molar-refractivity contribution is -0.133.